The zero-order chi connectivity index (χ0) is 13.7. The van der Waals surface area contributed by atoms with Crippen LogP contribution in [0.3, 0.4) is 0 Å². The van der Waals surface area contributed by atoms with Crippen molar-refractivity contribution in [3.63, 3.8) is 0 Å². The maximum Gasteiger partial charge on any atom is 0.236 e. The highest BCUT2D eigenvalue weighted by Crippen LogP contribution is 2.47. The summed E-state index contributed by atoms with van der Waals surface area (Å²) in [5.74, 6) is 0.843. The Morgan fingerprint density at radius 1 is 1.16 bits per heavy atom. The Morgan fingerprint density at radius 2 is 1.74 bits per heavy atom. The van der Waals surface area contributed by atoms with Crippen molar-refractivity contribution >= 4 is 5.91 Å². The maximum absolute atomic E-state index is 11.8. The molecule has 0 spiro atoms. The molecule has 0 radical (unpaired) electrons. The van der Waals surface area contributed by atoms with E-state index in [-0.39, 0.29) is 11.9 Å². The molecule has 2 fully saturated rings. The normalized spacial score (nSPS) is 25.8. The highest BCUT2D eigenvalue weighted by Gasteiger charge is 2.40. The van der Waals surface area contributed by atoms with Crippen molar-refractivity contribution in [2.45, 2.75) is 77.2 Å². The molecule has 2 aliphatic rings. The third-order valence-electron chi connectivity index (χ3n) is 5.35. The number of nitrogens with two attached hydrogens (primary N) is 1. The van der Waals surface area contributed by atoms with E-state index in [2.05, 4.69) is 5.32 Å². The van der Waals surface area contributed by atoms with Crippen LogP contribution >= 0.6 is 0 Å². The van der Waals surface area contributed by atoms with Crippen LogP contribution < -0.4 is 11.1 Å². The summed E-state index contributed by atoms with van der Waals surface area (Å²) in [4.78, 5) is 11.8. The first-order chi connectivity index (χ1) is 9.14. The summed E-state index contributed by atoms with van der Waals surface area (Å²) in [6.07, 6.45) is 13.6. The van der Waals surface area contributed by atoms with Gasteiger partial charge >= 0.3 is 0 Å². The van der Waals surface area contributed by atoms with Crippen molar-refractivity contribution in [2.75, 3.05) is 6.54 Å². The standard InChI is InChI=1S/C16H30N2O/c1-13(17)15(19)18-12-16(10-6-3-7-11-16)14-8-4-2-5-9-14/h13-14H,2-12,17H2,1H3,(H,18,19)/t13-/m1/s1. The summed E-state index contributed by atoms with van der Waals surface area (Å²) in [5.41, 5.74) is 6.04. The number of rotatable bonds is 4. The molecule has 0 heterocycles. The summed E-state index contributed by atoms with van der Waals surface area (Å²) in [6, 6.07) is -0.382. The molecule has 0 bridgehead atoms. The van der Waals surface area contributed by atoms with Gasteiger partial charge < -0.3 is 11.1 Å². The predicted molar refractivity (Wildman–Crippen MR) is 78.8 cm³/mol. The van der Waals surface area contributed by atoms with E-state index in [9.17, 15) is 4.79 Å². The molecular formula is C16H30N2O. The molecular weight excluding hydrogens is 236 g/mol. The lowest BCUT2D eigenvalue weighted by molar-refractivity contribution is -0.123. The first-order valence-corrected chi connectivity index (χ1v) is 8.17. The van der Waals surface area contributed by atoms with Crippen molar-refractivity contribution in [3.05, 3.63) is 0 Å². The van der Waals surface area contributed by atoms with E-state index < -0.39 is 0 Å². The minimum Gasteiger partial charge on any atom is -0.354 e. The zero-order valence-corrected chi connectivity index (χ0v) is 12.4. The van der Waals surface area contributed by atoms with Gasteiger partial charge in [0.1, 0.15) is 0 Å². The number of nitrogens with one attached hydrogen (secondary N) is 1. The fourth-order valence-corrected chi connectivity index (χ4v) is 4.12. The molecule has 1 amide bonds. The van der Waals surface area contributed by atoms with E-state index in [1.165, 1.54) is 64.2 Å². The van der Waals surface area contributed by atoms with Gasteiger partial charge in [0.15, 0.2) is 0 Å². The third-order valence-corrected chi connectivity index (χ3v) is 5.35. The van der Waals surface area contributed by atoms with Crippen molar-refractivity contribution < 1.29 is 4.79 Å². The second-order valence-electron chi connectivity index (χ2n) is 6.76. The quantitative estimate of drug-likeness (QED) is 0.822. The van der Waals surface area contributed by atoms with E-state index in [0.29, 0.717) is 5.41 Å². The molecule has 2 saturated carbocycles. The second-order valence-corrected chi connectivity index (χ2v) is 6.76. The van der Waals surface area contributed by atoms with Crippen molar-refractivity contribution in [2.24, 2.45) is 17.1 Å². The zero-order valence-electron chi connectivity index (χ0n) is 12.4. The average Bonchev–Trinajstić information content (AvgIpc) is 2.46. The minimum atomic E-state index is -0.382. The molecule has 3 heteroatoms. The number of hydrogen-bond donors (Lipinski definition) is 2. The number of carbonyl (C=O) groups is 1. The molecule has 0 aromatic heterocycles. The SMILES string of the molecule is C[C@@H](N)C(=O)NCC1(C2CCCCC2)CCCCC1. The molecule has 3 N–H and O–H groups in total. The summed E-state index contributed by atoms with van der Waals surface area (Å²) in [6.45, 7) is 2.63. The van der Waals surface area contributed by atoms with Gasteiger partial charge in [-0.05, 0) is 43.9 Å². The van der Waals surface area contributed by atoms with Crippen molar-refractivity contribution in [1.82, 2.24) is 5.32 Å². The molecule has 110 valence electrons. The van der Waals surface area contributed by atoms with E-state index in [0.717, 1.165) is 12.5 Å². The monoisotopic (exact) mass is 266 g/mol. The Bertz CT molecular complexity index is 289. The summed E-state index contributed by atoms with van der Waals surface area (Å²) in [7, 11) is 0. The van der Waals surface area contributed by atoms with Gasteiger partial charge in [0.2, 0.25) is 5.91 Å². The Labute approximate surface area is 117 Å². The summed E-state index contributed by atoms with van der Waals surface area (Å²) < 4.78 is 0. The molecule has 0 aromatic rings. The van der Waals surface area contributed by atoms with Gasteiger partial charge in [-0.15, -0.1) is 0 Å². The molecule has 0 aromatic carbocycles. The van der Waals surface area contributed by atoms with E-state index in [4.69, 9.17) is 5.73 Å². The van der Waals surface area contributed by atoms with Crippen LogP contribution in [0.5, 0.6) is 0 Å². The smallest absolute Gasteiger partial charge is 0.236 e. The Hall–Kier alpha value is -0.570. The molecule has 19 heavy (non-hydrogen) atoms. The minimum absolute atomic E-state index is 0.0146. The van der Waals surface area contributed by atoms with Crippen LogP contribution in [0.2, 0.25) is 0 Å². The highest BCUT2D eigenvalue weighted by molar-refractivity contribution is 5.80. The van der Waals surface area contributed by atoms with Crippen molar-refractivity contribution in [1.29, 1.82) is 0 Å². The second kappa shape index (κ2) is 6.74. The lowest BCUT2D eigenvalue weighted by Gasteiger charge is -2.45. The highest BCUT2D eigenvalue weighted by atomic mass is 16.2. The fourth-order valence-electron chi connectivity index (χ4n) is 4.12. The topological polar surface area (TPSA) is 55.1 Å². The van der Waals surface area contributed by atoms with Gasteiger partial charge in [-0.1, -0.05) is 38.5 Å². The summed E-state index contributed by atoms with van der Waals surface area (Å²) >= 11 is 0. The third kappa shape index (κ3) is 3.71. The van der Waals surface area contributed by atoms with Gasteiger partial charge in [0, 0.05) is 6.54 Å². The van der Waals surface area contributed by atoms with Crippen LogP contribution in [0.4, 0.5) is 0 Å². The van der Waals surface area contributed by atoms with Gasteiger partial charge in [-0.3, -0.25) is 4.79 Å². The average molecular weight is 266 g/mol. The van der Waals surface area contributed by atoms with Crippen LogP contribution in [-0.4, -0.2) is 18.5 Å². The lowest BCUT2D eigenvalue weighted by atomic mass is 9.61. The Kier molecular flexibility index (Phi) is 5.26. The van der Waals surface area contributed by atoms with E-state index >= 15 is 0 Å². The van der Waals surface area contributed by atoms with Crippen LogP contribution in [0.15, 0.2) is 0 Å². The van der Waals surface area contributed by atoms with Crippen LogP contribution in [-0.2, 0) is 4.79 Å². The molecule has 0 aliphatic heterocycles. The summed E-state index contributed by atoms with van der Waals surface area (Å²) in [5, 5.41) is 3.13. The molecule has 3 nitrogen and oxygen atoms in total. The van der Waals surface area contributed by atoms with Crippen LogP contribution in [0, 0.1) is 11.3 Å². The van der Waals surface area contributed by atoms with Gasteiger partial charge in [-0.2, -0.15) is 0 Å². The lowest BCUT2D eigenvalue weighted by Crippen LogP contribution is -2.48. The van der Waals surface area contributed by atoms with Gasteiger partial charge in [-0.25, -0.2) is 0 Å². The molecule has 2 rings (SSSR count). The first-order valence-electron chi connectivity index (χ1n) is 8.17. The maximum atomic E-state index is 11.8. The number of carbonyl (C=O) groups excluding carboxylic acids is 1. The fraction of sp³-hybridized carbons (Fsp3) is 0.938. The molecule has 0 unspecified atom stereocenters. The van der Waals surface area contributed by atoms with Gasteiger partial charge in [0.25, 0.3) is 0 Å². The van der Waals surface area contributed by atoms with Gasteiger partial charge in [0.05, 0.1) is 6.04 Å². The van der Waals surface area contributed by atoms with Crippen LogP contribution in [0.1, 0.15) is 71.1 Å². The molecule has 0 saturated heterocycles. The van der Waals surface area contributed by atoms with Crippen LogP contribution in [0.25, 0.3) is 0 Å². The number of amides is 1. The first kappa shape index (κ1) is 14.8. The largest absolute Gasteiger partial charge is 0.354 e. The van der Waals surface area contributed by atoms with E-state index in [1.54, 1.807) is 6.92 Å². The molecule has 2 aliphatic carbocycles. The van der Waals surface area contributed by atoms with Crippen molar-refractivity contribution in [3.8, 4) is 0 Å². The van der Waals surface area contributed by atoms with E-state index in [1.807, 2.05) is 0 Å². The Balaban J connectivity index is 1.99. The number of hydrogen-bond acceptors (Lipinski definition) is 2. The predicted octanol–water partition coefficient (Wildman–Crippen LogP) is 2.98. The molecule has 1 atom stereocenters. The Morgan fingerprint density at radius 3 is 2.32 bits per heavy atom.